The van der Waals surface area contributed by atoms with Crippen LogP contribution >= 0.6 is 0 Å². The number of carbonyl (C=O) groups is 1. The van der Waals surface area contributed by atoms with Crippen LogP contribution in [0.5, 0.6) is 5.75 Å². The average molecular weight is 484 g/mol. The highest BCUT2D eigenvalue weighted by Gasteiger charge is 2.22. The van der Waals surface area contributed by atoms with Crippen molar-refractivity contribution in [2.75, 3.05) is 6.61 Å². The molecule has 0 amide bonds. The van der Waals surface area contributed by atoms with E-state index in [0.717, 1.165) is 51.7 Å². The molecule has 6 heteroatoms. The fourth-order valence-corrected chi connectivity index (χ4v) is 5.10. The van der Waals surface area contributed by atoms with Crippen molar-refractivity contribution < 1.29 is 14.3 Å². The molecule has 3 aromatic carbocycles. The number of carbonyl (C=O) groups excluding carboxylic acids is 1. The van der Waals surface area contributed by atoms with Crippen molar-refractivity contribution >= 4 is 16.9 Å². The van der Waals surface area contributed by atoms with E-state index in [9.17, 15) is 4.79 Å². The average Bonchev–Trinajstić information content (AvgIpc) is 3.56. The Morgan fingerprint density at radius 2 is 1.83 bits per heavy atom. The molecule has 0 bridgehead atoms. The van der Waals surface area contributed by atoms with Gasteiger partial charge in [0.15, 0.2) is 0 Å². The van der Waals surface area contributed by atoms with Crippen molar-refractivity contribution in [2.24, 2.45) is 5.73 Å². The Kier molecular flexibility index (Phi) is 7.33. The predicted molar refractivity (Wildman–Crippen MR) is 142 cm³/mol. The predicted octanol–water partition coefficient (Wildman–Crippen LogP) is 5.96. The van der Waals surface area contributed by atoms with E-state index >= 15 is 0 Å². The second-order valence-electron chi connectivity index (χ2n) is 9.34. The first-order chi connectivity index (χ1) is 17.7. The van der Waals surface area contributed by atoms with Crippen LogP contribution in [-0.4, -0.2) is 22.4 Å². The number of ether oxygens (including phenoxy) is 2. The van der Waals surface area contributed by atoms with Crippen LogP contribution in [0.3, 0.4) is 0 Å². The number of fused-ring (bicyclic) bond motifs is 1. The summed E-state index contributed by atoms with van der Waals surface area (Å²) in [7, 11) is 0. The van der Waals surface area contributed by atoms with Crippen LogP contribution in [0.1, 0.15) is 55.5 Å². The maximum absolute atomic E-state index is 12.1. The van der Waals surface area contributed by atoms with Crippen molar-refractivity contribution in [1.82, 2.24) is 9.78 Å². The summed E-state index contributed by atoms with van der Waals surface area (Å²) in [5.74, 6) is 0.426. The van der Waals surface area contributed by atoms with Gasteiger partial charge in [0.1, 0.15) is 18.1 Å². The zero-order chi connectivity index (χ0) is 24.9. The van der Waals surface area contributed by atoms with Gasteiger partial charge in [-0.2, -0.15) is 5.10 Å². The summed E-state index contributed by atoms with van der Waals surface area (Å²) < 4.78 is 13.6. The van der Waals surface area contributed by atoms with E-state index in [-0.39, 0.29) is 12.4 Å². The third kappa shape index (κ3) is 5.14. The lowest BCUT2D eigenvalue weighted by molar-refractivity contribution is -0.142. The first-order valence-corrected chi connectivity index (χ1v) is 12.8. The van der Waals surface area contributed by atoms with Crippen LogP contribution in [-0.2, 0) is 29.1 Å². The third-order valence-corrected chi connectivity index (χ3v) is 6.93. The number of hydrogen-bond acceptors (Lipinski definition) is 5. The maximum Gasteiger partial charge on any atom is 0.310 e. The van der Waals surface area contributed by atoms with Crippen LogP contribution in [0.4, 0.5) is 0 Å². The summed E-state index contributed by atoms with van der Waals surface area (Å²) in [4.78, 5) is 12.1. The van der Waals surface area contributed by atoms with Gasteiger partial charge >= 0.3 is 5.97 Å². The van der Waals surface area contributed by atoms with Crippen LogP contribution in [0.15, 0.2) is 66.7 Å². The highest BCUT2D eigenvalue weighted by molar-refractivity contribution is 5.87. The van der Waals surface area contributed by atoms with Crippen LogP contribution in [0, 0.1) is 0 Å². The van der Waals surface area contributed by atoms with Crippen LogP contribution in [0.2, 0.25) is 0 Å². The molecule has 0 saturated heterocycles. The normalized spacial score (nSPS) is 13.8. The number of para-hydroxylation sites is 1. The summed E-state index contributed by atoms with van der Waals surface area (Å²) in [6, 6.07) is 23.0. The molecule has 4 aromatic rings. The second kappa shape index (κ2) is 11.0. The van der Waals surface area contributed by atoms with E-state index in [1.54, 1.807) is 0 Å². The first kappa shape index (κ1) is 24.1. The standard InChI is InChI=1S/C30H33N3O3/c1-2-35-30(34)18-24-9-3-6-13-29(24)36-20-27-26-17-23(22-10-7-8-21(16-22)19-31)14-15-28(26)33(32-27)25-11-4-5-12-25/h3,6-10,13-17,25H,2,4-5,11-12,18-20,31H2,1H3. The molecule has 2 N–H and O–H groups in total. The Morgan fingerprint density at radius 3 is 2.64 bits per heavy atom. The molecule has 0 spiro atoms. The first-order valence-electron chi connectivity index (χ1n) is 12.8. The Labute approximate surface area is 212 Å². The lowest BCUT2D eigenvalue weighted by Crippen LogP contribution is -2.09. The zero-order valence-corrected chi connectivity index (χ0v) is 20.8. The minimum atomic E-state index is -0.256. The minimum absolute atomic E-state index is 0.183. The van der Waals surface area contributed by atoms with Gasteiger partial charge in [-0.25, -0.2) is 0 Å². The molecule has 5 rings (SSSR count). The number of hydrogen-bond donors (Lipinski definition) is 1. The molecule has 0 atom stereocenters. The summed E-state index contributed by atoms with van der Waals surface area (Å²) in [6.07, 6.45) is 4.97. The van der Waals surface area contributed by atoms with E-state index in [0.29, 0.717) is 31.5 Å². The van der Waals surface area contributed by atoms with E-state index < -0.39 is 0 Å². The summed E-state index contributed by atoms with van der Waals surface area (Å²) in [5, 5.41) is 6.15. The van der Waals surface area contributed by atoms with Crippen molar-refractivity contribution in [3.63, 3.8) is 0 Å². The molecular weight excluding hydrogens is 450 g/mol. The molecule has 1 aromatic heterocycles. The zero-order valence-electron chi connectivity index (χ0n) is 20.8. The van der Waals surface area contributed by atoms with Crippen molar-refractivity contribution in [1.29, 1.82) is 0 Å². The molecule has 186 valence electrons. The van der Waals surface area contributed by atoms with Gasteiger partial charge in [-0.05, 0) is 60.7 Å². The molecule has 1 aliphatic rings. The molecule has 36 heavy (non-hydrogen) atoms. The smallest absolute Gasteiger partial charge is 0.310 e. The Bertz CT molecular complexity index is 1350. The summed E-state index contributed by atoms with van der Waals surface area (Å²) in [6.45, 7) is 3.01. The number of benzene rings is 3. The van der Waals surface area contributed by atoms with Gasteiger partial charge in [0.2, 0.25) is 0 Å². The SMILES string of the molecule is CCOC(=O)Cc1ccccc1OCc1nn(C2CCCC2)c2ccc(-c3cccc(CN)c3)cc12. The Hall–Kier alpha value is -3.64. The van der Waals surface area contributed by atoms with Crippen LogP contribution in [0.25, 0.3) is 22.0 Å². The molecular formula is C30H33N3O3. The van der Waals surface area contributed by atoms with Gasteiger partial charge in [-0.1, -0.05) is 55.3 Å². The fourth-order valence-electron chi connectivity index (χ4n) is 5.10. The second-order valence-corrected chi connectivity index (χ2v) is 9.34. The number of aromatic nitrogens is 2. The lowest BCUT2D eigenvalue weighted by Gasteiger charge is -2.12. The number of nitrogens with two attached hydrogens (primary N) is 1. The number of nitrogens with zero attached hydrogens (tertiary/aromatic N) is 2. The van der Waals surface area contributed by atoms with Gasteiger partial charge in [-0.15, -0.1) is 0 Å². The summed E-state index contributed by atoms with van der Waals surface area (Å²) >= 11 is 0. The molecule has 1 aliphatic carbocycles. The van der Waals surface area contributed by atoms with Gasteiger partial charge in [0.25, 0.3) is 0 Å². The molecule has 6 nitrogen and oxygen atoms in total. The Morgan fingerprint density at radius 1 is 1.03 bits per heavy atom. The van der Waals surface area contributed by atoms with Gasteiger partial charge < -0.3 is 15.2 Å². The monoisotopic (exact) mass is 483 g/mol. The maximum atomic E-state index is 12.1. The van der Waals surface area contributed by atoms with Crippen molar-refractivity contribution in [3.8, 4) is 16.9 Å². The molecule has 0 unspecified atom stereocenters. The third-order valence-electron chi connectivity index (χ3n) is 6.93. The van der Waals surface area contributed by atoms with Crippen LogP contribution < -0.4 is 10.5 Å². The van der Waals surface area contributed by atoms with E-state index in [1.165, 1.54) is 12.8 Å². The molecule has 1 heterocycles. The molecule has 1 saturated carbocycles. The van der Waals surface area contributed by atoms with E-state index in [2.05, 4.69) is 35.0 Å². The Balaban J connectivity index is 1.48. The quantitative estimate of drug-likeness (QED) is 0.297. The molecule has 1 fully saturated rings. The topological polar surface area (TPSA) is 79.4 Å². The van der Waals surface area contributed by atoms with Crippen molar-refractivity contribution in [3.05, 3.63) is 83.6 Å². The molecule has 0 radical (unpaired) electrons. The summed E-state index contributed by atoms with van der Waals surface area (Å²) in [5.41, 5.74) is 12.1. The number of rotatable bonds is 9. The molecule has 0 aliphatic heterocycles. The fraction of sp³-hybridized carbons (Fsp3) is 0.333. The van der Waals surface area contributed by atoms with Crippen molar-refractivity contribution in [2.45, 2.75) is 58.2 Å². The van der Waals surface area contributed by atoms with E-state index in [4.69, 9.17) is 20.3 Å². The number of esters is 1. The van der Waals surface area contributed by atoms with Gasteiger partial charge in [0, 0.05) is 17.5 Å². The highest BCUT2D eigenvalue weighted by Crippen LogP contribution is 2.35. The highest BCUT2D eigenvalue weighted by atomic mass is 16.5. The van der Waals surface area contributed by atoms with E-state index in [1.807, 2.05) is 43.3 Å². The van der Waals surface area contributed by atoms with Gasteiger partial charge in [-0.3, -0.25) is 9.48 Å². The minimum Gasteiger partial charge on any atom is -0.487 e. The largest absolute Gasteiger partial charge is 0.487 e. The van der Waals surface area contributed by atoms with Gasteiger partial charge in [0.05, 0.1) is 24.6 Å². The lowest BCUT2D eigenvalue weighted by atomic mass is 10.0.